The maximum absolute atomic E-state index is 10.7. The van der Waals surface area contributed by atoms with Crippen molar-refractivity contribution in [1.82, 2.24) is 0 Å². The Balaban J connectivity index is 2.46. The summed E-state index contributed by atoms with van der Waals surface area (Å²) in [6.45, 7) is -0.0851. The molecule has 114 valence electrons. The second kappa shape index (κ2) is 9.73. The summed E-state index contributed by atoms with van der Waals surface area (Å²) in [7, 11) is 2.46. The highest BCUT2D eigenvalue weighted by Gasteiger charge is 1.96. The molecule has 0 aromatic heterocycles. The SMILES string of the molecule is COC(=O)OCC#Cc1ccc(C#CCOC(=O)OC)cc1. The van der Waals surface area contributed by atoms with Crippen LogP contribution in [0.5, 0.6) is 0 Å². The molecule has 0 aliphatic rings. The van der Waals surface area contributed by atoms with Crippen LogP contribution in [0, 0.1) is 23.7 Å². The summed E-state index contributed by atoms with van der Waals surface area (Å²) in [5.74, 6) is 11.0. The van der Waals surface area contributed by atoms with Gasteiger partial charge in [-0.1, -0.05) is 23.7 Å². The van der Waals surface area contributed by atoms with Crippen LogP contribution in [0.15, 0.2) is 24.3 Å². The molecule has 0 aliphatic heterocycles. The lowest BCUT2D eigenvalue weighted by Crippen LogP contribution is -2.03. The van der Waals surface area contributed by atoms with Crippen molar-refractivity contribution in [1.29, 1.82) is 0 Å². The van der Waals surface area contributed by atoms with E-state index in [-0.39, 0.29) is 13.2 Å². The van der Waals surface area contributed by atoms with Gasteiger partial charge in [0.15, 0.2) is 13.2 Å². The smallest absolute Gasteiger partial charge is 0.438 e. The topological polar surface area (TPSA) is 71.1 Å². The number of methoxy groups -OCH3 is 2. The lowest BCUT2D eigenvalue weighted by atomic mass is 10.1. The summed E-state index contributed by atoms with van der Waals surface area (Å²) in [6, 6.07) is 7.10. The van der Waals surface area contributed by atoms with Crippen LogP contribution in [0.25, 0.3) is 0 Å². The molecule has 0 saturated carbocycles. The van der Waals surface area contributed by atoms with Gasteiger partial charge < -0.3 is 18.9 Å². The van der Waals surface area contributed by atoms with E-state index in [1.807, 2.05) is 0 Å². The van der Waals surface area contributed by atoms with Gasteiger partial charge >= 0.3 is 12.3 Å². The summed E-state index contributed by atoms with van der Waals surface area (Å²) in [4.78, 5) is 21.4. The van der Waals surface area contributed by atoms with E-state index in [1.165, 1.54) is 14.2 Å². The average Bonchev–Trinajstić information content (AvgIpc) is 2.56. The first kappa shape index (κ1) is 16.9. The highest BCUT2D eigenvalue weighted by atomic mass is 16.7. The number of carbonyl (C=O) groups is 2. The van der Waals surface area contributed by atoms with E-state index in [9.17, 15) is 9.59 Å². The molecule has 0 saturated heterocycles. The monoisotopic (exact) mass is 302 g/mol. The van der Waals surface area contributed by atoms with Crippen molar-refractivity contribution >= 4 is 12.3 Å². The van der Waals surface area contributed by atoms with Gasteiger partial charge in [0.2, 0.25) is 0 Å². The fourth-order valence-corrected chi connectivity index (χ4v) is 1.22. The number of benzene rings is 1. The molecule has 0 radical (unpaired) electrons. The van der Waals surface area contributed by atoms with Crippen LogP contribution in [-0.4, -0.2) is 39.7 Å². The van der Waals surface area contributed by atoms with Crippen LogP contribution >= 0.6 is 0 Å². The Bertz CT molecular complexity index is 568. The average molecular weight is 302 g/mol. The van der Waals surface area contributed by atoms with Crippen LogP contribution in [0.2, 0.25) is 0 Å². The normalized spacial score (nSPS) is 8.45. The molecule has 1 rings (SSSR count). The molecule has 1 aromatic rings. The van der Waals surface area contributed by atoms with Crippen LogP contribution in [0.3, 0.4) is 0 Å². The Kier molecular flexibility index (Phi) is 7.49. The van der Waals surface area contributed by atoms with Crippen molar-refractivity contribution in [3.05, 3.63) is 35.4 Å². The fourth-order valence-electron chi connectivity index (χ4n) is 1.22. The third-order valence-electron chi connectivity index (χ3n) is 2.21. The van der Waals surface area contributed by atoms with Crippen LogP contribution < -0.4 is 0 Å². The molecule has 0 spiro atoms. The van der Waals surface area contributed by atoms with Gasteiger partial charge in [0.1, 0.15) is 0 Å². The molecular formula is C16H14O6. The molecule has 0 heterocycles. The Hall–Kier alpha value is -3.12. The number of carbonyl (C=O) groups excluding carboxylic acids is 2. The summed E-state index contributed by atoms with van der Waals surface area (Å²) < 4.78 is 17.9. The number of rotatable bonds is 2. The van der Waals surface area contributed by atoms with Crippen molar-refractivity contribution in [3.8, 4) is 23.7 Å². The maximum atomic E-state index is 10.7. The zero-order valence-electron chi connectivity index (χ0n) is 12.2. The molecule has 0 amide bonds. The van der Waals surface area contributed by atoms with E-state index in [1.54, 1.807) is 24.3 Å². The number of hydrogen-bond acceptors (Lipinski definition) is 6. The summed E-state index contributed by atoms with van der Waals surface area (Å²) in [5.41, 5.74) is 1.51. The third-order valence-corrected chi connectivity index (χ3v) is 2.21. The Morgan fingerprint density at radius 1 is 0.818 bits per heavy atom. The summed E-state index contributed by atoms with van der Waals surface area (Å²) in [5, 5.41) is 0. The van der Waals surface area contributed by atoms with Gasteiger partial charge in [-0.15, -0.1) is 0 Å². The fraction of sp³-hybridized carbons (Fsp3) is 0.250. The standard InChI is InChI=1S/C16H14O6/c1-19-15(17)21-11-3-5-13-7-9-14(10-8-13)6-4-12-22-16(18)20-2/h7-10H,11-12H2,1-2H3. The summed E-state index contributed by atoms with van der Waals surface area (Å²) in [6.07, 6.45) is -1.54. The van der Waals surface area contributed by atoms with Gasteiger partial charge in [0, 0.05) is 11.1 Å². The first-order valence-electron chi connectivity index (χ1n) is 6.15. The van der Waals surface area contributed by atoms with Gasteiger partial charge in [-0.2, -0.15) is 0 Å². The van der Waals surface area contributed by atoms with E-state index < -0.39 is 12.3 Å². The predicted molar refractivity (Wildman–Crippen MR) is 76.9 cm³/mol. The Morgan fingerprint density at radius 3 is 1.50 bits per heavy atom. The van der Waals surface area contributed by atoms with E-state index in [0.29, 0.717) is 0 Å². The first-order chi connectivity index (χ1) is 10.7. The minimum absolute atomic E-state index is 0.0426. The second-order valence-electron chi connectivity index (χ2n) is 3.67. The molecule has 0 aliphatic carbocycles. The molecule has 6 nitrogen and oxygen atoms in total. The Labute approximate surface area is 128 Å². The number of hydrogen-bond donors (Lipinski definition) is 0. The lowest BCUT2D eigenvalue weighted by Gasteiger charge is -1.96. The van der Waals surface area contributed by atoms with Crippen molar-refractivity contribution in [2.45, 2.75) is 0 Å². The van der Waals surface area contributed by atoms with E-state index in [0.717, 1.165) is 11.1 Å². The molecule has 0 unspecified atom stereocenters. The van der Waals surface area contributed by atoms with Gasteiger partial charge in [0.25, 0.3) is 0 Å². The minimum atomic E-state index is -0.769. The molecule has 1 aromatic carbocycles. The largest absolute Gasteiger partial charge is 0.508 e. The van der Waals surface area contributed by atoms with Gasteiger partial charge in [0.05, 0.1) is 14.2 Å². The molecule has 0 fully saturated rings. The predicted octanol–water partition coefficient (Wildman–Crippen LogP) is 1.96. The Morgan fingerprint density at radius 2 is 1.18 bits per heavy atom. The minimum Gasteiger partial charge on any atom is -0.438 e. The highest BCUT2D eigenvalue weighted by Crippen LogP contribution is 2.01. The first-order valence-corrected chi connectivity index (χ1v) is 6.15. The van der Waals surface area contributed by atoms with Crippen molar-refractivity contribution in [2.75, 3.05) is 27.4 Å². The molecule has 0 atom stereocenters. The third kappa shape index (κ3) is 6.88. The van der Waals surface area contributed by atoms with Crippen molar-refractivity contribution in [2.24, 2.45) is 0 Å². The van der Waals surface area contributed by atoms with Gasteiger partial charge in [-0.05, 0) is 24.3 Å². The second-order valence-corrected chi connectivity index (χ2v) is 3.67. The molecule has 0 N–H and O–H groups in total. The summed E-state index contributed by atoms with van der Waals surface area (Å²) >= 11 is 0. The van der Waals surface area contributed by atoms with Gasteiger partial charge in [-0.25, -0.2) is 9.59 Å². The lowest BCUT2D eigenvalue weighted by molar-refractivity contribution is 0.0823. The van der Waals surface area contributed by atoms with Gasteiger partial charge in [-0.3, -0.25) is 0 Å². The zero-order valence-corrected chi connectivity index (χ0v) is 12.2. The quantitative estimate of drug-likeness (QED) is 0.614. The van der Waals surface area contributed by atoms with Crippen molar-refractivity contribution in [3.63, 3.8) is 0 Å². The number of ether oxygens (including phenoxy) is 4. The zero-order chi connectivity index (χ0) is 16.2. The van der Waals surface area contributed by atoms with Crippen LogP contribution in [-0.2, 0) is 18.9 Å². The van der Waals surface area contributed by atoms with Crippen molar-refractivity contribution < 1.29 is 28.5 Å². The maximum Gasteiger partial charge on any atom is 0.508 e. The molecule has 6 heteroatoms. The highest BCUT2D eigenvalue weighted by molar-refractivity contribution is 5.60. The van der Waals surface area contributed by atoms with Crippen LogP contribution in [0.1, 0.15) is 11.1 Å². The van der Waals surface area contributed by atoms with E-state index in [2.05, 4.69) is 42.6 Å². The van der Waals surface area contributed by atoms with Crippen LogP contribution in [0.4, 0.5) is 9.59 Å². The van der Waals surface area contributed by atoms with E-state index in [4.69, 9.17) is 0 Å². The molecule has 0 bridgehead atoms. The molecule has 22 heavy (non-hydrogen) atoms. The molecular weight excluding hydrogens is 288 g/mol. The van der Waals surface area contributed by atoms with E-state index >= 15 is 0 Å².